The first-order valence-corrected chi connectivity index (χ1v) is 13.6. The standard InChI is InChI=1S/C29H45NO7/c1-9-27(6)17-29(35-18-26(5,19-36-29)25(31)32-8)21(4)28(7,10-2)30(27)37-20(3)22-11-13-23(14-12-22)33-15-24-16-34-24/h11-14,20-21,24H,9-10,15-19H2,1-8H3. The van der Waals surface area contributed by atoms with Gasteiger partial charge in [-0.1, -0.05) is 32.9 Å². The number of epoxide rings is 1. The molecule has 3 heterocycles. The minimum absolute atomic E-state index is 0.0144. The van der Waals surface area contributed by atoms with E-state index >= 15 is 0 Å². The molecule has 5 atom stereocenters. The molecular formula is C29H45NO7. The van der Waals surface area contributed by atoms with Crippen molar-refractivity contribution >= 4 is 5.97 Å². The summed E-state index contributed by atoms with van der Waals surface area (Å²) in [5.41, 5.74) is -0.449. The molecule has 1 aromatic carbocycles. The van der Waals surface area contributed by atoms with Crippen LogP contribution in [0.5, 0.6) is 5.75 Å². The summed E-state index contributed by atoms with van der Waals surface area (Å²) in [7, 11) is 1.41. The summed E-state index contributed by atoms with van der Waals surface area (Å²) in [5.74, 6) is -0.295. The number of hydrogen-bond donors (Lipinski definition) is 0. The van der Waals surface area contributed by atoms with Crippen LogP contribution in [-0.4, -0.2) is 67.5 Å². The van der Waals surface area contributed by atoms with E-state index in [4.69, 9.17) is 28.5 Å². The van der Waals surface area contributed by atoms with Crippen LogP contribution in [0.1, 0.15) is 79.4 Å². The van der Waals surface area contributed by atoms with Gasteiger partial charge in [0.15, 0.2) is 5.79 Å². The largest absolute Gasteiger partial charge is 0.491 e. The van der Waals surface area contributed by atoms with Gasteiger partial charge in [-0.3, -0.25) is 9.63 Å². The maximum atomic E-state index is 12.4. The van der Waals surface area contributed by atoms with Gasteiger partial charge in [-0.25, -0.2) is 0 Å². The zero-order chi connectivity index (χ0) is 27.1. The van der Waals surface area contributed by atoms with Crippen LogP contribution in [0.25, 0.3) is 0 Å². The van der Waals surface area contributed by atoms with E-state index in [9.17, 15) is 4.79 Å². The number of methoxy groups -OCH3 is 1. The Morgan fingerprint density at radius 1 is 1.11 bits per heavy atom. The fourth-order valence-corrected chi connectivity index (χ4v) is 5.76. The highest BCUT2D eigenvalue weighted by atomic mass is 16.7. The maximum Gasteiger partial charge on any atom is 0.316 e. The molecule has 3 aliphatic heterocycles. The highest BCUT2D eigenvalue weighted by Crippen LogP contribution is 2.55. The molecule has 1 aromatic rings. The average Bonchev–Trinajstić information content (AvgIpc) is 3.75. The third-order valence-corrected chi connectivity index (χ3v) is 9.05. The molecule has 3 aliphatic rings. The Bertz CT molecular complexity index is 940. The maximum absolute atomic E-state index is 12.4. The number of esters is 1. The van der Waals surface area contributed by atoms with E-state index < -0.39 is 11.2 Å². The minimum Gasteiger partial charge on any atom is -0.491 e. The third kappa shape index (κ3) is 5.28. The Morgan fingerprint density at radius 3 is 2.24 bits per heavy atom. The van der Waals surface area contributed by atoms with E-state index in [0.717, 1.165) is 30.8 Å². The lowest BCUT2D eigenvalue weighted by Crippen LogP contribution is -2.74. The number of ether oxygens (including phenoxy) is 5. The molecule has 208 valence electrons. The van der Waals surface area contributed by atoms with Crippen molar-refractivity contribution in [1.29, 1.82) is 0 Å². The molecule has 0 saturated carbocycles. The number of carbonyl (C=O) groups excluding carboxylic acids is 1. The van der Waals surface area contributed by atoms with Crippen molar-refractivity contribution < 1.29 is 33.3 Å². The van der Waals surface area contributed by atoms with Crippen molar-refractivity contribution in [2.45, 2.75) is 96.8 Å². The van der Waals surface area contributed by atoms with Crippen LogP contribution in [0.15, 0.2) is 24.3 Å². The van der Waals surface area contributed by atoms with Gasteiger partial charge in [0.1, 0.15) is 30.0 Å². The van der Waals surface area contributed by atoms with Crippen molar-refractivity contribution in [1.82, 2.24) is 5.06 Å². The Morgan fingerprint density at radius 2 is 1.73 bits per heavy atom. The molecule has 3 saturated heterocycles. The van der Waals surface area contributed by atoms with E-state index in [2.05, 4.69) is 58.7 Å². The van der Waals surface area contributed by atoms with Crippen LogP contribution in [0.4, 0.5) is 0 Å². The highest BCUT2D eigenvalue weighted by Gasteiger charge is 2.64. The van der Waals surface area contributed by atoms with Gasteiger partial charge in [0, 0.05) is 17.9 Å². The molecule has 5 unspecified atom stereocenters. The first kappa shape index (κ1) is 28.3. The lowest BCUT2D eigenvalue weighted by atomic mass is 9.67. The Kier molecular flexibility index (Phi) is 8.00. The van der Waals surface area contributed by atoms with Crippen molar-refractivity contribution in [2.24, 2.45) is 11.3 Å². The molecule has 4 rings (SSSR count). The summed E-state index contributed by atoms with van der Waals surface area (Å²) >= 11 is 0. The van der Waals surface area contributed by atoms with Crippen molar-refractivity contribution in [2.75, 3.05) is 33.5 Å². The second-order valence-electron chi connectivity index (χ2n) is 11.8. The molecule has 0 amide bonds. The van der Waals surface area contributed by atoms with Gasteiger partial charge in [0.2, 0.25) is 0 Å². The van der Waals surface area contributed by atoms with Crippen molar-refractivity contribution in [3.63, 3.8) is 0 Å². The number of hydrogen-bond acceptors (Lipinski definition) is 8. The van der Waals surface area contributed by atoms with E-state index in [1.165, 1.54) is 7.11 Å². The fourth-order valence-electron chi connectivity index (χ4n) is 5.76. The van der Waals surface area contributed by atoms with Crippen molar-refractivity contribution in [3.05, 3.63) is 29.8 Å². The summed E-state index contributed by atoms with van der Waals surface area (Å²) < 4.78 is 29.1. The Balaban J connectivity index is 1.53. The number of carbonyl (C=O) groups is 1. The zero-order valence-corrected chi connectivity index (χ0v) is 23.8. The van der Waals surface area contributed by atoms with Crippen LogP contribution in [0.3, 0.4) is 0 Å². The predicted octanol–water partition coefficient (Wildman–Crippen LogP) is 5.06. The second kappa shape index (κ2) is 10.5. The van der Waals surface area contributed by atoms with Crippen molar-refractivity contribution in [3.8, 4) is 5.75 Å². The predicted molar refractivity (Wildman–Crippen MR) is 139 cm³/mol. The molecule has 1 spiro atoms. The van der Waals surface area contributed by atoms with Gasteiger partial charge in [-0.2, -0.15) is 5.06 Å². The van der Waals surface area contributed by atoms with Gasteiger partial charge in [-0.15, -0.1) is 0 Å². The molecule has 0 radical (unpaired) electrons. The van der Waals surface area contributed by atoms with E-state index in [1.54, 1.807) is 0 Å². The van der Waals surface area contributed by atoms with E-state index in [1.807, 2.05) is 19.1 Å². The Hall–Kier alpha value is -1.71. The lowest BCUT2D eigenvalue weighted by Gasteiger charge is -2.64. The molecule has 37 heavy (non-hydrogen) atoms. The van der Waals surface area contributed by atoms with Gasteiger partial charge in [0.05, 0.1) is 32.5 Å². The van der Waals surface area contributed by atoms with Gasteiger partial charge in [-0.05, 0) is 58.2 Å². The van der Waals surface area contributed by atoms with Crippen LogP contribution in [0, 0.1) is 11.3 Å². The number of benzene rings is 1. The van der Waals surface area contributed by atoms with E-state index in [-0.39, 0.29) is 48.4 Å². The zero-order valence-electron chi connectivity index (χ0n) is 23.8. The molecular weight excluding hydrogens is 474 g/mol. The smallest absolute Gasteiger partial charge is 0.316 e. The molecule has 8 heteroatoms. The lowest BCUT2D eigenvalue weighted by molar-refractivity contribution is -0.414. The second-order valence-corrected chi connectivity index (χ2v) is 11.8. The fraction of sp³-hybridized carbons (Fsp3) is 0.759. The number of nitrogens with zero attached hydrogens (tertiary/aromatic N) is 1. The number of rotatable bonds is 9. The van der Waals surface area contributed by atoms with Gasteiger partial charge >= 0.3 is 5.97 Å². The summed E-state index contributed by atoms with van der Waals surface area (Å²) in [6.45, 7) is 16.8. The third-order valence-electron chi connectivity index (χ3n) is 9.05. The first-order chi connectivity index (χ1) is 17.4. The van der Waals surface area contributed by atoms with Gasteiger partial charge < -0.3 is 23.7 Å². The summed E-state index contributed by atoms with van der Waals surface area (Å²) in [4.78, 5) is 19.2. The molecule has 0 N–H and O–H groups in total. The SMILES string of the molecule is CCC1(C)CC2(OCC(C)(C(=O)OC)CO2)C(C)C(C)(CC)N1OC(C)c1ccc(OCC2CO2)cc1. The number of hydroxylamine groups is 2. The van der Waals surface area contributed by atoms with E-state index in [0.29, 0.717) is 13.0 Å². The Labute approximate surface area is 221 Å². The topological polar surface area (TPSA) is 79.0 Å². The molecule has 0 aliphatic carbocycles. The normalized spacial score (nSPS) is 38.8. The minimum atomic E-state index is -0.811. The van der Waals surface area contributed by atoms with Crippen LogP contribution >= 0.6 is 0 Å². The summed E-state index contributed by atoms with van der Waals surface area (Å²) in [6.07, 6.45) is 2.40. The van der Waals surface area contributed by atoms with Crippen LogP contribution in [-0.2, 0) is 28.6 Å². The summed E-state index contributed by atoms with van der Waals surface area (Å²) in [5, 5.41) is 2.22. The van der Waals surface area contributed by atoms with Gasteiger partial charge in [0.25, 0.3) is 0 Å². The molecule has 0 aromatic heterocycles. The monoisotopic (exact) mass is 519 g/mol. The average molecular weight is 520 g/mol. The molecule has 8 nitrogen and oxygen atoms in total. The summed E-state index contributed by atoms with van der Waals surface area (Å²) in [6, 6.07) is 8.11. The number of piperidine rings is 1. The molecule has 0 bridgehead atoms. The molecule has 3 fully saturated rings. The van der Waals surface area contributed by atoms with Crippen LogP contribution in [0.2, 0.25) is 0 Å². The quantitative estimate of drug-likeness (QED) is 0.331. The first-order valence-electron chi connectivity index (χ1n) is 13.6. The van der Waals surface area contributed by atoms with Crippen LogP contribution < -0.4 is 4.74 Å². The highest BCUT2D eigenvalue weighted by molar-refractivity contribution is 5.76.